The summed E-state index contributed by atoms with van der Waals surface area (Å²) >= 11 is 0. The van der Waals surface area contributed by atoms with Crippen molar-refractivity contribution in [3.8, 4) is 0 Å². The minimum atomic E-state index is -1.10. The number of esters is 4. The van der Waals surface area contributed by atoms with Crippen LogP contribution in [0.15, 0.2) is 0 Å². The molecule has 10 nitrogen and oxygen atoms in total. The van der Waals surface area contributed by atoms with E-state index in [0.29, 0.717) is 6.10 Å². The molecular formula is C17H25O10. The van der Waals surface area contributed by atoms with E-state index >= 15 is 0 Å². The molecule has 0 aromatic rings. The number of carbonyl (C=O) groups is 4. The molecule has 0 bridgehead atoms. The van der Waals surface area contributed by atoms with Gasteiger partial charge in [-0.05, 0) is 0 Å². The second-order valence-electron chi connectivity index (χ2n) is 5.93. The van der Waals surface area contributed by atoms with Crippen LogP contribution >= 0.6 is 0 Å². The van der Waals surface area contributed by atoms with Crippen molar-refractivity contribution < 1.29 is 47.6 Å². The molecule has 0 aliphatic carbocycles. The van der Waals surface area contributed by atoms with Crippen LogP contribution in [0.3, 0.4) is 0 Å². The lowest BCUT2D eigenvalue weighted by atomic mass is 9.94. The van der Waals surface area contributed by atoms with Crippen LogP contribution in [-0.2, 0) is 47.6 Å². The highest BCUT2D eigenvalue weighted by molar-refractivity contribution is 5.68. The zero-order valence-electron chi connectivity index (χ0n) is 16.0. The SMILES string of the molecule is COC[C]1C[C@@H](OC(C)=O)[C@@H](OC(C)=O)[C@@H]([C@@H](COC(C)=O)OC(C)=O)O1. The van der Waals surface area contributed by atoms with Crippen LogP contribution in [0.2, 0.25) is 0 Å². The van der Waals surface area contributed by atoms with Gasteiger partial charge in [0.2, 0.25) is 0 Å². The molecule has 0 unspecified atom stereocenters. The van der Waals surface area contributed by atoms with E-state index in [2.05, 4.69) is 0 Å². The summed E-state index contributed by atoms with van der Waals surface area (Å²) in [6, 6.07) is 0. The summed E-state index contributed by atoms with van der Waals surface area (Å²) in [5.41, 5.74) is 0. The third-order valence-electron chi connectivity index (χ3n) is 3.48. The Labute approximate surface area is 157 Å². The fourth-order valence-corrected chi connectivity index (χ4v) is 2.67. The summed E-state index contributed by atoms with van der Waals surface area (Å²) in [6.07, 6.45) is -3.60. The maximum absolute atomic E-state index is 11.6. The molecule has 0 N–H and O–H groups in total. The van der Waals surface area contributed by atoms with Gasteiger partial charge in [-0.2, -0.15) is 0 Å². The highest BCUT2D eigenvalue weighted by Crippen LogP contribution is 2.32. The Morgan fingerprint density at radius 3 is 2.11 bits per heavy atom. The van der Waals surface area contributed by atoms with Crippen LogP contribution in [0, 0.1) is 6.10 Å². The summed E-state index contributed by atoms with van der Waals surface area (Å²) in [5.74, 6) is -2.47. The average molecular weight is 389 g/mol. The highest BCUT2D eigenvalue weighted by atomic mass is 16.6. The maximum atomic E-state index is 11.6. The molecule has 1 fully saturated rings. The molecule has 153 valence electrons. The summed E-state index contributed by atoms with van der Waals surface area (Å²) in [6.45, 7) is 4.52. The first-order valence-corrected chi connectivity index (χ1v) is 8.29. The van der Waals surface area contributed by atoms with Gasteiger partial charge in [-0.1, -0.05) is 0 Å². The first kappa shape index (κ1) is 22.8. The number of carbonyl (C=O) groups excluding carboxylic acids is 4. The highest BCUT2D eigenvalue weighted by Gasteiger charge is 2.48. The van der Waals surface area contributed by atoms with Gasteiger partial charge in [-0.3, -0.25) is 19.2 Å². The van der Waals surface area contributed by atoms with Gasteiger partial charge in [0.1, 0.15) is 24.9 Å². The lowest BCUT2D eigenvalue weighted by Crippen LogP contribution is -2.56. The number of rotatable bonds is 8. The lowest BCUT2D eigenvalue weighted by Gasteiger charge is -2.42. The van der Waals surface area contributed by atoms with Crippen LogP contribution in [-0.4, -0.2) is 68.6 Å². The Balaban J connectivity index is 3.18. The molecule has 4 atom stereocenters. The third kappa shape index (κ3) is 7.92. The average Bonchev–Trinajstić information content (AvgIpc) is 2.52. The van der Waals surface area contributed by atoms with E-state index in [4.69, 9.17) is 28.4 Å². The number of ether oxygens (including phenoxy) is 6. The summed E-state index contributed by atoms with van der Waals surface area (Å²) in [4.78, 5) is 45.7. The van der Waals surface area contributed by atoms with E-state index in [0.717, 1.165) is 0 Å². The lowest BCUT2D eigenvalue weighted by molar-refractivity contribution is -0.217. The molecule has 27 heavy (non-hydrogen) atoms. The van der Waals surface area contributed by atoms with Crippen molar-refractivity contribution in [3.63, 3.8) is 0 Å². The zero-order chi connectivity index (χ0) is 20.6. The van der Waals surface area contributed by atoms with E-state index in [-0.39, 0.29) is 19.6 Å². The number of methoxy groups -OCH3 is 1. The molecule has 0 spiro atoms. The van der Waals surface area contributed by atoms with Crippen molar-refractivity contribution in [2.24, 2.45) is 0 Å². The minimum Gasteiger partial charge on any atom is -0.462 e. The van der Waals surface area contributed by atoms with Gasteiger partial charge >= 0.3 is 23.9 Å². The largest absolute Gasteiger partial charge is 0.462 e. The smallest absolute Gasteiger partial charge is 0.303 e. The monoisotopic (exact) mass is 389 g/mol. The summed E-state index contributed by atoms with van der Waals surface area (Å²) in [7, 11) is 1.45. The van der Waals surface area contributed by atoms with Crippen LogP contribution in [0.5, 0.6) is 0 Å². The predicted molar refractivity (Wildman–Crippen MR) is 87.9 cm³/mol. The van der Waals surface area contributed by atoms with E-state index < -0.39 is 48.3 Å². The standard InChI is InChI=1S/C17H25O10/c1-9(18)23-8-15(25-11(3)20)17-16(26-12(4)21)14(24-10(2)19)6-13(27-17)7-22-5/h14-17H,6-8H2,1-5H3/t14-,15-,16-,17-/m1/s1. The van der Waals surface area contributed by atoms with Gasteiger partial charge < -0.3 is 28.4 Å². The molecular weight excluding hydrogens is 364 g/mol. The molecule has 0 amide bonds. The Hall–Kier alpha value is -2.20. The fraction of sp³-hybridized carbons (Fsp3) is 0.706. The second kappa shape index (κ2) is 10.8. The molecule has 1 aliphatic heterocycles. The Bertz CT molecular complexity index is 546. The van der Waals surface area contributed by atoms with Crippen molar-refractivity contribution in [1.29, 1.82) is 0 Å². The Morgan fingerprint density at radius 1 is 1.00 bits per heavy atom. The molecule has 1 saturated heterocycles. The van der Waals surface area contributed by atoms with Crippen molar-refractivity contribution in [3.05, 3.63) is 6.10 Å². The van der Waals surface area contributed by atoms with Gasteiger partial charge in [0.05, 0.1) is 6.61 Å². The molecule has 0 aromatic carbocycles. The zero-order valence-corrected chi connectivity index (χ0v) is 16.0. The predicted octanol–water partition coefficient (Wildman–Crippen LogP) is 0.312. The normalized spacial score (nSPS) is 23.8. The summed E-state index contributed by atoms with van der Waals surface area (Å²) in [5, 5.41) is 0. The quantitative estimate of drug-likeness (QED) is 0.423. The van der Waals surface area contributed by atoms with Gasteiger partial charge in [0, 0.05) is 41.2 Å². The van der Waals surface area contributed by atoms with Gasteiger partial charge in [-0.15, -0.1) is 0 Å². The molecule has 10 heteroatoms. The molecule has 0 saturated carbocycles. The van der Waals surface area contributed by atoms with E-state index in [1.807, 2.05) is 0 Å². The van der Waals surface area contributed by atoms with Crippen molar-refractivity contribution >= 4 is 23.9 Å². The van der Waals surface area contributed by atoms with Crippen LogP contribution < -0.4 is 0 Å². The van der Waals surface area contributed by atoms with Gasteiger partial charge in [0.15, 0.2) is 12.2 Å². The van der Waals surface area contributed by atoms with Crippen LogP contribution in [0.25, 0.3) is 0 Å². The topological polar surface area (TPSA) is 124 Å². The minimum absolute atomic E-state index is 0.0847. The molecule has 1 aliphatic rings. The first-order chi connectivity index (χ1) is 12.6. The molecule has 1 heterocycles. The van der Waals surface area contributed by atoms with E-state index in [1.54, 1.807) is 0 Å². The Kier molecular flexibility index (Phi) is 9.16. The molecule has 1 radical (unpaired) electrons. The fourth-order valence-electron chi connectivity index (χ4n) is 2.67. The number of hydrogen-bond donors (Lipinski definition) is 0. The first-order valence-electron chi connectivity index (χ1n) is 8.29. The van der Waals surface area contributed by atoms with Gasteiger partial charge in [-0.25, -0.2) is 0 Å². The van der Waals surface area contributed by atoms with Crippen LogP contribution in [0.4, 0.5) is 0 Å². The van der Waals surface area contributed by atoms with E-state index in [1.165, 1.54) is 34.8 Å². The molecule has 0 aromatic heterocycles. The Morgan fingerprint density at radius 2 is 1.63 bits per heavy atom. The summed E-state index contributed by atoms with van der Waals surface area (Å²) < 4.78 is 31.6. The van der Waals surface area contributed by atoms with E-state index in [9.17, 15) is 19.2 Å². The maximum Gasteiger partial charge on any atom is 0.303 e. The van der Waals surface area contributed by atoms with Gasteiger partial charge in [0.25, 0.3) is 0 Å². The van der Waals surface area contributed by atoms with Crippen molar-refractivity contribution in [2.45, 2.75) is 58.5 Å². The molecule has 1 rings (SSSR count). The van der Waals surface area contributed by atoms with Crippen molar-refractivity contribution in [2.75, 3.05) is 20.3 Å². The number of hydrogen-bond acceptors (Lipinski definition) is 10. The third-order valence-corrected chi connectivity index (χ3v) is 3.48. The second-order valence-corrected chi connectivity index (χ2v) is 5.93. The van der Waals surface area contributed by atoms with Crippen molar-refractivity contribution in [1.82, 2.24) is 0 Å². The van der Waals surface area contributed by atoms with Crippen LogP contribution in [0.1, 0.15) is 34.1 Å².